The molecule has 0 spiro atoms. The molecule has 0 fully saturated rings. The van der Waals surface area contributed by atoms with E-state index in [1.807, 2.05) is 0 Å². The van der Waals surface area contributed by atoms with Gasteiger partial charge in [-0.05, 0) is 35.3 Å². The minimum atomic E-state index is 0.617. The first kappa shape index (κ1) is 15.6. The van der Waals surface area contributed by atoms with Crippen molar-refractivity contribution in [3.63, 3.8) is 0 Å². The fraction of sp³-hybridized carbons (Fsp3) is 0.529. The van der Waals surface area contributed by atoms with Crippen molar-refractivity contribution >= 4 is 26.8 Å². The number of fused-ring (bicyclic) bond motifs is 1. The molecule has 0 aliphatic heterocycles. The first-order valence-electron chi connectivity index (χ1n) is 7.69. The van der Waals surface area contributed by atoms with E-state index in [1.54, 1.807) is 0 Å². The number of hydrogen-bond acceptors (Lipinski definition) is 1. The van der Waals surface area contributed by atoms with Crippen LogP contribution in [0.1, 0.15) is 39.5 Å². The van der Waals surface area contributed by atoms with Gasteiger partial charge in [0.25, 0.3) is 0 Å². The average Bonchev–Trinajstić information content (AvgIpc) is 2.77. The van der Waals surface area contributed by atoms with Crippen LogP contribution in [0, 0.1) is 0 Å². The quantitative estimate of drug-likeness (QED) is 0.674. The van der Waals surface area contributed by atoms with Crippen LogP contribution >= 0.6 is 15.9 Å². The summed E-state index contributed by atoms with van der Waals surface area (Å²) in [6, 6.07) is 9.16. The maximum Gasteiger partial charge on any atom is 0.0492 e. The third-order valence-corrected chi connectivity index (χ3v) is 4.46. The number of halogens is 1. The van der Waals surface area contributed by atoms with Crippen LogP contribution < -0.4 is 5.32 Å². The molecule has 110 valence electrons. The fourth-order valence-electron chi connectivity index (χ4n) is 2.62. The average molecular weight is 337 g/mol. The highest BCUT2D eigenvalue weighted by molar-refractivity contribution is 9.10. The normalized spacial score (nSPS) is 12.9. The molecule has 0 radical (unpaired) electrons. The standard InChI is InChI=1S/C17H25BrN2/c1-3-4-5-8-14(2)19-11-12-20-13-16(18)15-9-6-7-10-17(15)20/h6-7,9-10,13-14,19H,3-5,8,11-12H2,1-2H3. The SMILES string of the molecule is CCCCCC(C)NCCn1cc(Br)c2ccccc21. The molecule has 1 N–H and O–H groups in total. The third-order valence-electron chi connectivity index (χ3n) is 3.83. The van der Waals surface area contributed by atoms with Crippen molar-refractivity contribution in [2.24, 2.45) is 0 Å². The molecule has 2 aromatic rings. The monoisotopic (exact) mass is 336 g/mol. The Morgan fingerprint density at radius 3 is 2.85 bits per heavy atom. The molecule has 1 atom stereocenters. The van der Waals surface area contributed by atoms with Crippen LogP contribution in [0.5, 0.6) is 0 Å². The lowest BCUT2D eigenvalue weighted by Crippen LogP contribution is -2.29. The Morgan fingerprint density at radius 1 is 1.25 bits per heavy atom. The molecule has 3 heteroatoms. The van der Waals surface area contributed by atoms with E-state index in [1.165, 1.54) is 41.1 Å². The highest BCUT2D eigenvalue weighted by atomic mass is 79.9. The smallest absolute Gasteiger partial charge is 0.0492 e. The number of unbranched alkanes of at least 4 members (excludes halogenated alkanes) is 2. The summed E-state index contributed by atoms with van der Waals surface area (Å²) in [6.45, 7) is 6.59. The Kier molecular flexibility index (Phi) is 6.11. The molecular formula is C17H25BrN2. The summed E-state index contributed by atoms with van der Waals surface area (Å²) in [7, 11) is 0. The zero-order valence-corrected chi connectivity index (χ0v) is 14.1. The van der Waals surface area contributed by atoms with Crippen LogP contribution in [0.3, 0.4) is 0 Å². The molecule has 0 bridgehead atoms. The van der Waals surface area contributed by atoms with Gasteiger partial charge in [0.15, 0.2) is 0 Å². The second-order valence-corrected chi connectivity index (χ2v) is 6.39. The van der Waals surface area contributed by atoms with Gasteiger partial charge >= 0.3 is 0 Å². The van der Waals surface area contributed by atoms with Gasteiger partial charge in [0.05, 0.1) is 0 Å². The maximum atomic E-state index is 3.64. The predicted octanol–water partition coefficient (Wildman–Crippen LogP) is 4.96. The first-order chi connectivity index (χ1) is 9.72. The summed E-state index contributed by atoms with van der Waals surface area (Å²) in [5, 5.41) is 4.92. The number of aromatic nitrogens is 1. The molecule has 1 unspecified atom stereocenters. The second-order valence-electron chi connectivity index (χ2n) is 5.54. The lowest BCUT2D eigenvalue weighted by atomic mass is 10.1. The Hall–Kier alpha value is -0.800. The number of rotatable bonds is 8. The van der Waals surface area contributed by atoms with Gasteiger partial charge in [0.1, 0.15) is 0 Å². The van der Waals surface area contributed by atoms with E-state index in [2.05, 4.69) is 70.1 Å². The van der Waals surface area contributed by atoms with E-state index in [0.717, 1.165) is 13.1 Å². The van der Waals surface area contributed by atoms with Gasteiger partial charge in [-0.1, -0.05) is 44.4 Å². The molecule has 0 saturated carbocycles. The van der Waals surface area contributed by atoms with Crippen LogP contribution in [0.4, 0.5) is 0 Å². The molecule has 1 heterocycles. The summed E-state index contributed by atoms with van der Waals surface area (Å²) >= 11 is 3.64. The number of para-hydroxylation sites is 1. The van der Waals surface area contributed by atoms with Crippen molar-refractivity contribution in [3.05, 3.63) is 34.9 Å². The molecule has 0 saturated heterocycles. The third kappa shape index (κ3) is 4.10. The highest BCUT2D eigenvalue weighted by Crippen LogP contribution is 2.25. The van der Waals surface area contributed by atoms with Crippen LogP contribution in [-0.2, 0) is 6.54 Å². The number of benzene rings is 1. The van der Waals surface area contributed by atoms with E-state index in [0.29, 0.717) is 6.04 Å². The number of nitrogens with zero attached hydrogens (tertiary/aromatic N) is 1. The van der Waals surface area contributed by atoms with Gasteiger partial charge < -0.3 is 9.88 Å². The van der Waals surface area contributed by atoms with E-state index in [-0.39, 0.29) is 0 Å². The van der Waals surface area contributed by atoms with Gasteiger partial charge in [-0.15, -0.1) is 0 Å². The molecule has 1 aromatic heterocycles. The summed E-state index contributed by atoms with van der Waals surface area (Å²) in [6.07, 6.45) is 7.46. The topological polar surface area (TPSA) is 17.0 Å². The largest absolute Gasteiger partial charge is 0.345 e. The zero-order chi connectivity index (χ0) is 14.4. The molecule has 0 aliphatic carbocycles. The minimum Gasteiger partial charge on any atom is -0.345 e. The summed E-state index contributed by atoms with van der Waals surface area (Å²) in [4.78, 5) is 0. The Morgan fingerprint density at radius 2 is 2.05 bits per heavy atom. The van der Waals surface area contributed by atoms with Gasteiger partial charge in [0, 0.05) is 40.7 Å². The lowest BCUT2D eigenvalue weighted by Gasteiger charge is -2.14. The first-order valence-corrected chi connectivity index (χ1v) is 8.48. The van der Waals surface area contributed by atoms with Crippen molar-refractivity contribution in [3.8, 4) is 0 Å². The van der Waals surface area contributed by atoms with Gasteiger partial charge in [-0.3, -0.25) is 0 Å². The van der Waals surface area contributed by atoms with Gasteiger partial charge in [-0.25, -0.2) is 0 Å². The van der Waals surface area contributed by atoms with Gasteiger partial charge in [-0.2, -0.15) is 0 Å². The Balaban J connectivity index is 1.84. The predicted molar refractivity (Wildman–Crippen MR) is 91.2 cm³/mol. The van der Waals surface area contributed by atoms with E-state index in [9.17, 15) is 0 Å². The van der Waals surface area contributed by atoms with E-state index >= 15 is 0 Å². The maximum absolute atomic E-state index is 3.64. The lowest BCUT2D eigenvalue weighted by molar-refractivity contribution is 0.473. The fourth-order valence-corrected chi connectivity index (χ4v) is 3.20. The Labute approximate surface area is 130 Å². The highest BCUT2D eigenvalue weighted by Gasteiger charge is 2.06. The van der Waals surface area contributed by atoms with Crippen molar-refractivity contribution in [2.45, 2.75) is 52.1 Å². The molecule has 2 rings (SSSR count). The van der Waals surface area contributed by atoms with Crippen LogP contribution in [0.15, 0.2) is 34.9 Å². The van der Waals surface area contributed by atoms with E-state index < -0.39 is 0 Å². The Bertz CT molecular complexity index is 533. The van der Waals surface area contributed by atoms with Crippen LogP contribution in [0.25, 0.3) is 10.9 Å². The molecule has 1 aromatic carbocycles. The number of hydrogen-bond donors (Lipinski definition) is 1. The molecule has 2 nitrogen and oxygen atoms in total. The molecule has 0 amide bonds. The summed E-state index contributed by atoms with van der Waals surface area (Å²) in [5.74, 6) is 0. The van der Waals surface area contributed by atoms with Crippen molar-refractivity contribution in [1.82, 2.24) is 9.88 Å². The van der Waals surface area contributed by atoms with Crippen LogP contribution in [-0.4, -0.2) is 17.2 Å². The van der Waals surface area contributed by atoms with Crippen molar-refractivity contribution < 1.29 is 0 Å². The van der Waals surface area contributed by atoms with Crippen LogP contribution in [0.2, 0.25) is 0 Å². The van der Waals surface area contributed by atoms with Gasteiger partial charge in [0.2, 0.25) is 0 Å². The number of nitrogens with one attached hydrogen (secondary N) is 1. The summed E-state index contributed by atoms with van der Waals surface area (Å²) in [5.41, 5.74) is 1.31. The summed E-state index contributed by atoms with van der Waals surface area (Å²) < 4.78 is 3.51. The van der Waals surface area contributed by atoms with Crippen molar-refractivity contribution in [1.29, 1.82) is 0 Å². The van der Waals surface area contributed by atoms with Crippen molar-refractivity contribution in [2.75, 3.05) is 6.54 Å². The minimum absolute atomic E-state index is 0.617. The second kappa shape index (κ2) is 7.84. The molecular weight excluding hydrogens is 312 g/mol. The zero-order valence-electron chi connectivity index (χ0n) is 12.5. The molecule has 0 aliphatic rings. The van der Waals surface area contributed by atoms with E-state index in [4.69, 9.17) is 0 Å². The molecule has 20 heavy (non-hydrogen) atoms.